The lowest BCUT2D eigenvalue weighted by atomic mass is 10.2. The summed E-state index contributed by atoms with van der Waals surface area (Å²) in [4.78, 5) is 0. The number of hydrogen-bond donors (Lipinski definition) is 2. The molecule has 0 atom stereocenters. The zero-order valence-corrected chi connectivity index (χ0v) is 12.0. The molecule has 0 heterocycles. The summed E-state index contributed by atoms with van der Waals surface area (Å²) in [6.07, 6.45) is 2.24. The van der Waals surface area contributed by atoms with Gasteiger partial charge in [-0.1, -0.05) is 17.7 Å². The van der Waals surface area contributed by atoms with Crippen molar-refractivity contribution < 1.29 is 4.74 Å². The Bertz CT molecular complexity index is 279. The predicted molar refractivity (Wildman–Crippen MR) is 79.9 cm³/mol. The Kier molecular flexibility index (Phi) is 10.5. The Balaban J connectivity index is 0.00000256. The topological polar surface area (TPSA) is 21.3 Å². The molecule has 1 N–H and O–H groups in total. The van der Waals surface area contributed by atoms with E-state index in [-0.39, 0.29) is 12.4 Å². The number of ether oxygens (including phenoxy) is 1. The second-order valence-corrected chi connectivity index (χ2v) is 4.29. The minimum absolute atomic E-state index is 0. The van der Waals surface area contributed by atoms with E-state index in [1.807, 2.05) is 12.1 Å². The Morgan fingerprint density at radius 1 is 1.12 bits per heavy atom. The fraction of sp³-hybridized carbons (Fsp3) is 0.538. The van der Waals surface area contributed by atoms with Gasteiger partial charge in [0.25, 0.3) is 0 Å². The summed E-state index contributed by atoms with van der Waals surface area (Å²) in [5.41, 5.74) is 1.27. The highest BCUT2D eigenvalue weighted by Gasteiger charge is 1.93. The molecule has 0 saturated heterocycles. The lowest BCUT2D eigenvalue weighted by Gasteiger charge is -2.06. The molecule has 1 aromatic rings. The molecule has 1 aromatic carbocycles. The van der Waals surface area contributed by atoms with E-state index in [1.165, 1.54) is 5.56 Å². The third-order valence-electron chi connectivity index (χ3n) is 2.33. The van der Waals surface area contributed by atoms with Gasteiger partial charge in [0.1, 0.15) is 5.75 Å². The van der Waals surface area contributed by atoms with Crippen molar-refractivity contribution in [1.29, 1.82) is 0 Å². The third-order valence-corrected chi connectivity index (χ3v) is 2.55. The minimum atomic E-state index is 0. The van der Waals surface area contributed by atoms with E-state index in [2.05, 4.69) is 37.0 Å². The maximum Gasteiger partial charge on any atom is 0.119 e. The molecule has 0 aliphatic carbocycles. The molecule has 0 aliphatic rings. The third kappa shape index (κ3) is 8.36. The van der Waals surface area contributed by atoms with Gasteiger partial charge in [0.05, 0.1) is 6.61 Å². The molecular weight excluding hydrogens is 254 g/mol. The molecule has 0 aromatic heterocycles. The first-order valence-electron chi connectivity index (χ1n) is 5.84. The van der Waals surface area contributed by atoms with Gasteiger partial charge in [-0.05, 0) is 38.4 Å². The van der Waals surface area contributed by atoms with Crippen LogP contribution in [0.25, 0.3) is 0 Å². The van der Waals surface area contributed by atoms with Gasteiger partial charge in [-0.25, -0.2) is 0 Å². The quantitative estimate of drug-likeness (QED) is 0.562. The number of hydrogen-bond acceptors (Lipinski definition) is 3. The first kappa shape index (κ1) is 16.6. The summed E-state index contributed by atoms with van der Waals surface area (Å²) < 4.78 is 5.62. The van der Waals surface area contributed by atoms with Crippen LogP contribution in [0, 0.1) is 6.92 Å². The van der Waals surface area contributed by atoms with Gasteiger partial charge in [0.2, 0.25) is 0 Å². The SMILES string of the molecule is Cc1ccc(OCCCCNCCS)cc1.Cl. The number of aryl methyl sites for hydroxylation is 1. The highest BCUT2D eigenvalue weighted by molar-refractivity contribution is 7.80. The first-order valence-corrected chi connectivity index (χ1v) is 6.47. The van der Waals surface area contributed by atoms with Crippen LogP contribution < -0.4 is 10.1 Å². The van der Waals surface area contributed by atoms with Crippen molar-refractivity contribution in [2.75, 3.05) is 25.4 Å². The fourth-order valence-electron chi connectivity index (χ4n) is 1.38. The second-order valence-electron chi connectivity index (χ2n) is 3.84. The molecule has 0 aliphatic heterocycles. The van der Waals surface area contributed by atoms with Crippen LogP contribution in [0.5, 0.6) is 5.75 Å². The van der Waals surface area contributed by atoms with E-state index in [4.69, 9.17) is 4.74 Å². The summed E-state index contributed by atoms with van der Waals surface area (Å²) in [5, 5.41) is 3.31. The molecule has 98 valence electrons. The maximum atomic E-state index is 5.62. The van der Waals surface area contributed by atoms with Gasteiger partial charge < -0.3 is 10.1 Å². The molecule has 0 unspecified atom stereocenters. The highest BCUT2D eigenvalue weighted by atomic mass is 35.5. The van der Waals surface area contributed by atoms with Crippen molar-refractivity contribution in [3.05, 3.63) is 29.8 Å². The van der Waals surface area contributed by atoms with Crippen LogP contribution in [0.1, 0.15) is 18.4 Å². The Labute approximate surface area is 116 Å². The summed E-state index contributed by atoms with van der Waals surface area (Å²) in [6.45, 7) is 4.92. The number of halogens is 1. The van der Waals surface area contributed by atoms with Gasteiger partial charge in [0.15, 0.2) is 0 Å². The zero-order valence-electron chi connectivity index (χ0n) is 10.3. The van der Waals surface area contributed by atoms with E-state index in [1.54, 1.807) is 0 Å². The Morgan fingerprint density at radius 3 is 2.47 bits per heavy atom. The maximum absolute atomic E-state index is 5.62. The molecule has 0 bridgehead atoms. The van der Waals surface area contributed by atoms with Crippen LogP contribution in [-0.4, -0.2) is 25.4 Å². The number of unbranched alkanes of at least 4 members (excludes halogenated alkanes) is 1. The predicted octanol–water partition coefficient (Wildman–Crippen LogP) is 3.10. The molecule has 0 spiro atoms. The van der Waals surface area contributed by atoms with Crippen LogP contribution in [0.3, 0.4) is 0 Å². The molecule has 0 saturated carbocycles. The average molecular weight is 276 g/mol. The number of rotatable bonds is 8. The van der Waals surface area contributed by atoms with Crippen molar-refractivity contribution in [1.82, 2.24) is 5.32 Å². The van der Waals surface area contributed by atoms with Gasteiger partial charge >= 0.3 is 0 Å². The van der Waals surface area contributed by atoms with E-state index in [0.717, 1.165) is 44.0 Å². The average Bonchev–Trinajstić information content (AvgIpc) is 2.30. The molecule has 17 heavy (non-hydrogen) atoms. The number of nitrogens with one attached hydrogen (secondary N) is 1. The lowest BCUT2D eigenvalue weighted by Crippen LogP contribution is -2.18. The van der Waals surface area contributed by atoms with Gasteiger partial charge in [-0.3, -0.25) is 0 Å². The van der Waals surface area contributed by atoms with Crippen LogP contribution in [0.2, 0.25) is 0 Å². The van der Waals surface area contributed by atoms with Gasteiger partial charge in [-0.15, -0.1) is 12.4 Å². The van der Waals surface area contributed by atoms with Crippen LogP contribution in [0.15, 0.2) is 24.3 Å². The Hall–Kier alpha value is -0.380. The second kappa shape index (κ2) is 10.8. The summed E-state index contributed by atoms with van der Waals surface area (Å²) in [5.74, 6) is 1.87. The number of benzene rings is 1. The molecule has 2 nitrogen and oxygen atoms in total. The zero-order chi connectivity index (χ0) is 11.6. The largest absolute Gasteiger partial charge is 0.494 e. The van der Waals surface area contributed by atoms with Crippen molar-refractivity contribution in [2.45, 2.75) is 19.8 Å². The van der Waals surface area contributed by atoms with Crippen molar-refractivity contribution in [2.24, 2.45) is 0 Å². The molecule has 4 heteroatoms. The van der Waals surface area contributed by atoms with Crippen LogP contribution >= 0.6 is 25.0 Å². The summed E-state index contributed by atoms with van der Waals surface area (Å²) in [7, 11) is 0. The van der Waals surface area contributed by atoms with Crippen molar-refractivity contribution in [3.63, 3.8) is 0 Å². The van der Waals surface area contributed by atoms with Crippen molar-refractivity contribution >= 4 is 25.0 Å². The lowest BCUT2D eigenvalue weighted by molar-refractivity contribution is 0.306. The molecular formula is C13H22ClNOS. The van der Waals surface area contributed by atoms with Gasteiger partial charge in [-0.2, -0.15) is 12.6 Å². The highest BCUT2D eigenvalue weighted by Crippen LogP contribution is 2.11. The van der Waals surface area contributed by atoms with E-state index < -0.39 is 0 Å². The first-order chi connectivity index (χ1) is 7.83. The standard InChI is InChI=1S/C13H21NOS.ClH/c1-12-4-6-13(7-5-12)15-10-3-2-8-14-9-11-16;/h4-7,14,16H,2-3,8-11H2,1H3;1H. The van der Waals surface area contributed by atoms with Crippen LogP contribution in [0.4, 0.5) is 0 Å². The summed E-state index contributed by atoms with van der Waals surface area (Å²) >= 11 is 4.13. The normalized spacial score (nSPS) is 9.76. The fourth-order valence-corrected chi connectivity index (χ4v) is 1.54. The van der Waals surface area contributed by atoms with Gasteiger partial charge in [0, 0.05) is 12.3 Å². The van der Waals surface area contributed by atoms with Crippen molar-refractivity contribution in [3.8, 4) is 5.75 Å². The molecule has 0 radical (unpaired) electrons. The monoisotopic (exact) mass is 275 g/mol. The molecule has 0 amide bonds. The van der Waals surface area contributed by atoms with E-state index in [9.17, 15) is 0 Å². The smallest absolute Gasteiger partial charge is 0.119 e. The van der Waals surface area contributed by atoms with E-state index >= 15 is 0 Å². The molecule has 1 rings (SSSR count). The van der Waals surface area contributed by atoms with E-state index in [0.29, 0.717) is 0 Å². The minimum Gasteiger partial charge on any atom is -0.494 e. The molecule has 0 fully saturated rings. The summed E-state index contributed by atoms with van der Waals surface area (Å²) in [6, 6.07) is 8.19. The number of thiol groups is 1. The Morgan fingerprint density at radius 2 is 1.82 bits per heavy atom. The van der Waals surface area contributed by atoms with Crippen LogP contribution in [-0.2, 0) is 0 Å².